The van der Waals surface area contributed by atoms with Crippen LogP contribution in [0.15, 0.2) is 45.8 Å². The second kappa shape index (κ2) is 9.80. The number of benzene rings is 1. The first kappa shape index (κ1) is 20.6. The summed E-state index contributed by atoms with van der Waals surface area (Å²) in [6.45, 7) is 8.58. The van der Waals surface area contributed by atoms with Crippen molar-refractivity contribution in [3.8, 4) is 0 Å². The number of rotatable bonds is 8. The average Bonchev–Trinajstić information content (AvgIpc) is 2.65. The van der Waals surface area contributed by atoms with Crippen molar-refractivity contribution in [2.75, 3.05) is 0 Å². The first-order valence-electron chi connectivity index (χ1n) is 9.39. The molecule has 0 radical (unpaired) electrons. The van der Waals surface area contributed by atoms with Crippen LogP contribution in [0.2, 0.25) is 0 Å². The maximum Gasteiger partial charge on any atom is 0.292 e. The molecule has 0 aliphatic rings. The number of amides is 1. The molecule has 6 heteroatoms. The Hall–Kier alpha value is -2.76. The molecule has 0 fully saturated rings. The first-order chi connectivity index (χ1) is 12.9. The molecule has 27 heavy (non-hydrogen) atoms. The molecule has 0 saturated carbocycles. The van der Waals surface area contributed by atoms with Crippen molar-refractivity contribution in [3.63, 3.8) is 0 Å². The van der Waals surface area contributed by atoms with Crippen LogP contribution in [0.25, 0.3) is 10.8 Å². The second-order valence-electron chi connectivity index (χ2n) is 6.97. The van der Waals surface area contributed by atoms with Gasteiger partial charge in [0.05, 0.1) is 5.39 Å². The van der Waals surface area contributed by atoms with Crippen molar-refractivity contribution in [1.29, 1.82) is 0 Å². The highest BCUT2D eigenvalue weighted by Crippen LogP contribution is 2.13. The summed E-state index contributed by atoms with van der Waals surface area (Å²) in [6, 6.07) is 7.00. The van der Waals surface area contributed by atoms with Crippen molar-refractivity contribution in [2.45, 2.75) is 53.5 Å². The lowest BCUT2D eigenvalue weighted by atomic mass is 10.0. The number of aromatic nitrogens is 2. The van der Waals surface area contributed by atoms with Gasteiger partial charge in [-0.1, -0.05) is 36.8 Å². The lowest BCUT2D eigenvalue weighted by Gasteiger charge is -2.08. The molecule has 1 amide bonds. The number of hydrogen-bond acceptors (Lipinski definition) is 4. The highest BCUT2D eigenvalue weighted by atomic mass is 16.2. The number of nitrogens with zero attached hydrogens (tertiary/aromatic N) is 3. The van der Waals surface area contributed by atoms with Crippen LogP contribution >= 0.6 is 0 Å². The van der Waals surface area contributed by atoms with E-state index in [0.717, 1.165) is 19.3 Å². The number of nitrogens with one attached hydrogen (secondary N) is 1. The van der Waals surface area contributed by atoms with E-state index in [-0.39, 0.29) is 11.3 Å². The molecule has 2 aromatic rings. The minimum absolute atomic E-state index is 0.196. The summed E-state index contributed by atoms with van der Waals surface area (Å²) in [5.74, 6) is 0.0732. The van der Waals surface area contributed by atoms with Crippen molar-refractivity contribution in [2.24, 2.45) is 11.0 Å². The number of allylic oxidation sites excluding steroid dienone is 2. The molecule has 1 heterocycles. The molecular formula is C21H28N4O2. The Morgan fingerprint density at radius 3 is 2.67 bits per heavy atom. The monoisotopic (exact) mass is 368 g/mol. The lowest BCUT2D eigenvalue weighted by molar-refractivity contribution is 0.0949. The number of carbonyl (C=O) groups is 1. The Morgan fingerprint density at radius 2 is 2.00 bits per heavy atom. The minimum atomic E-state index is -0.415. The average molecular weight is 368 g/mol. The number of aryl methyl sites for hydroxylation is 1. The molecule has 1 atom stereocenters. The van der Waals surface area contributed by atoms with Crippen LogP contribution in [0.4, 0.5) is 0 Å². The predicted molar refractivity (Wildman–Crippen MR) is 110 cm³/mol. The number of hydrazone groups is 1. The third-order valence-electron chi connectivity index (χ3n) is 4.36. The molecule has 0 saturated heterocycles. The van der Waals surface area contributed by atoms with Crippen LogP contribution in [0.5, 0.6) is 0 Å². The Labute approximate surface area is 160 Å². The summed E-state index contributed by atoms with van der Waals surface area (Å²) in [5.41, 5.74) is 3.88. The van der Waals surface area contributed by atoms with Gasteiger partial charge in [-0.05, 0) is 52.0 Å². The smallest absolute Gasteiger partial charge is 0.267 e. The Kier molecular flexibility index (Phi) is 7.46. The van der Waals surface area contributed by atoms with Gasteiger partial charge in [0.25, 0.3) is 11.5 Å². The van der Waals surface area contributed by atoms with Crippen LogP contribution in [0, 0.1) is 5.92 Å². The zero-order chi connectivity index (χ0) is 19.8. The van der Waals surface area contributed by atoms with E-state index in [4.69, 9.17) is 0 Å². The SMILES string of the molecule is CCn1nc(C(=O)N/N=C\C[C@H](C)CCC=C(C)C)c2ccccc2c1=O. The highest BCUT2D eigenvalue weighted by molar-refractivity contribution is 6.04. The Morgan fingerprint density at radius 1 is 1.30 bits per heavy atom. The Balaban J connectivity index is 2.05. The standard InChI is InChI=1S/C21H28N4O2/c1-5-25-21(27)18-12-7-6-11-17(18)19(24-25)20(26)23-22-14-13-16(4)10-8-9-15(2)3/h6-7,9,11-12,14,16H,5,8,10,13H2,1-4H3,(H,23,26)/b22-14-/t16-/m1/s1. The zero-order valence-electron chi connectivity index (χ0n) is 16.5. The van der Waals surface area contributed by atoms with Crippen LogP contribution in [-0.4, -0.2) is 21.9 Å². The summed E-state index contributed by atoms with van der Waals surface area (Å²) in [7, 11) is 0. The molecule has 1 aromatic heterocycles. The number of hydrogen-bond donors (Lipinski definition) is 1. The number of carbonyl (C=O) groups excluding carboxylic acids is 1. The summed E-state index contributed by atoms with van der Waals surface area (Å²) in [4.78, 5) is 24.9. The van der Waals surface area contributed by atoms with Crippen LogP contribution < -0.4 is 11.0 Å². The molecule has 0 unspecified atom stereocenters. The van der Waals surface area contributed by atoms with E-state index in [2.05, 4.69) is 42.5 Å². The van der Waals surface area contributed by atoms with E-state index in [1.807, 2.05) is 6.92 Å². The van der Waals surface area contributed by atoms with E-state index in [1.54, 1.807) is 30.5 Å². The molecule has 2 rings (SSSR count). The van der Waals surface area contributed by atoms with Crippen molar-refractivity contribution >= 4 is 22.9 Å². The highest BCUT2D eigenvalue weighted by Gasteiger charge is 2.15. The van der Waals surface area contributed by atoms with Crippen molar-refractivity contribution < 1.29 is 4.79 Å². The second-order valence-corrected chi connectivity index (χ2v) is 6.97. The van der Waals surface area contributed by atoms with E-state index < -0.39 is 5.91 Å². The van der Waals surface area contributed by atoms with Crippen molar-refractivity contribution in [3.05, 3.63) is 52.0 Å². The third-order valence-corrected chi connectivity index (χ3v) is 4.36. The molecule has 1 N–H and O–H groups in total. The molecule has 0 aliphatic carbocycles. The Bertz CT molecular complexity index is 908. The fourth-order valence-electron chi connectivity index (χ4n) is 2.78. The topological polar surface area (TPSA) is 76.3 Å². The molecule has 144 valence electrons. The summed E-state index contributed by atoms with van der Waals surface area (Å²) in [6.07, 6.45) is 6.88. The third kappa shape index (κ3) is 5.61. The van der Waals surface area contributed by atoms with Gasteiger partial charge < -0.3 is 0 Å². The van der Waals surface area contributed by atoms with Crippen LogP contribution in [-0.2, 0) is 6.54 Å². The summed E-state index contributed by atoms with van der Waals surface area (Å²) >= 11 is 0. The van der Waals surface area contributed by atoms with Crippen molar-refractivity contribution in [1.82, 2.24) is 15.2 Å². The molecule has 0 spiro atoms. The van der Waals surface area contributed by atoms with E-state index >= 15 is 0 Å². The summed E-state index contributed by atoms with van der Waals surface area (Å²) in [5, 5.41) is 9.27. The van der Waals surface area contributed by atoms with Gasteiger partial charge in [-0.15, -0.1) is 0 Å². The number of fused-ring (bicyclic) bond motifs is 1. The summed E-state index contributed by atoms with van der Waals surface area (Å²) < 4.78 is 1.30. The van der Waals surface area contributed by atoms with Gasteiger partial charge in [-0.25, -0.2) is 10.1 Å². The maximum absolute atomic E-state index is 12.5. The van der Waals surface area contributed by atoms with E-state index in [1.165, 1.54) is 10.3 Å². The van der Waals surface area contributed by atoms with Gasteiger partial charge in [0.2, 0.25) is 0 Å². The maximum atomic E-state index is 12.5. The molecule has 1 aromatic carbocycles. The van der Waals surface area contributed by atoms with Gasteiger partial charge in [0.15, 0.2) is 5.69 Å². The van der Waals surface area contributed by atoms with Gasteiger partial charge in [0.1, 0.15) is 0 Å². The molecule has 0 bridgehead atoms. The van der Waals surface area contributed by atoms with Gasteiger partial charge in [0, 0.05) is 18.1 Å². The van der Waals surface area contributed by atoms with Gasteiger partial charge >= 0.3 is 0 Å². The first-order valence-corrected chi connectivity index (χ1v) is 9.39. The predicted octanol–water partition coefficient (Wildman–Crippen LogP) is 3.90. The van der Waals surface area contributed by atoms with Gasteiger partial charge in [-0.3, -0.25) is 9.59 Å². The quantitative estimate of drug-likeness (QED) is 0.436. The fraction of sp³-hybridized carbons (Fsp3) is 0.429. The molecular weight excluding hydrogens is 340 g/mol. The van der Waals surface area contributed by atoms with E-state index in [0.29, 0.717) is 23.2 Å². The van der Waals surface area contributed by atoms with Gasteiger partial charge in [-0.2, -0.15) is 10.2 Å². The molecule has 0 aliphatic heterocycles. The zero-order valence-corrected chi connectivity index (χ0v) is 16.5. The fourth-order valence-corrected chi connectivity index (χ4v) is 2.78. The largest absolute Gasteiger partial charge is 0.292 e. The van der Waals surface area contributed by atoms with E-state index in [9.17, 15) is 9.59 Å². The lowest BCUT2D eigenvalue weighted by Crippen LogP contribution is -2.28. The normalized spacial score (nSPS) is 12.3. The van der Waals surface area contributed by atoms with Crippen LogP contribution in [0.3, 0.4) is 0 Å². The molecule has 6 nitrogen and oxygen atoms in total. The minimum Gasteiger partial charge on any atom is -0.267 e. The van der Waals surface area contributed by atoms with Crippen LogP contribution in [0.1, 0.15) is 57.4 Å².